The third-order valence-electron chi connectivity index (χ3n) is 11.1. The average molecular weight is 632 g/mol. The maximum Gasteiger partial charge on any atom is 0.408 e. The van der Waals surface area contributed by atoms with Crippen LogP contribution in [0, 0.1) is 29.1 Å². The van der Waals surface area contributed by atoms with Crippen LogP contribution < -0.4 is 14.8 Å². The van der Waals surface area contributed by atoms with Crippen molar-refractivity contribution in [3.63, 3.8) is 0 Å². The molecule has 2 bridgehead atoms. The van der Waals surface area contributed by atoms with Crippen molar-refractivity contribution in [1.82, 2.24) is 15.2 Å². The number of alkyl carbamates (subject to hydrolysis) is 1. The molecule has 248 valence electrons. The minimum atomic E-state index is -0.861. The van der Waals surface area contributed by atoms with Crippen LogP contribution in [0.5, 0.6) is 11.6 Å². The largest absolute Gasteiger partial charge is 0.490 e. The summed E-state index contributed by atoms with van der Waals surface area (Å²) in [5, 5.41) is 3.98. The first kappa shape index (κ1) is 31.3. The number of hydrogen-bond donors (Lipinski definition) is 1. The molecule has 1 aromatic heterocycles. The van der Waals surface area contributed by atoms with Crippen molar-refractivity contribution in [2.24, 2.45) is 29.1 Å². The van der Waals surface area contributed by atoms with Gasteiger partial charge in [-0.25, -0.2) is 9.78 Å². The van der Waals surface area contributed by atoms with Crippen molar-refractivity contribution in [2.45, 2.75) is 123 Å². The van der Waals surface area contributed by atoms with Gasteiger partial charge >= 0.3 is 6.09 Å². The van der Waals surface area contributed by atoms with E-state index in [4.69, 9.17) is 19.2 Å². The van der Waals surface area contributed by atoms with Crippen molar-refractivity contribution in [3.8, 4) is 11.6 Å². The second-order valence-electron chi connectivity index (χ2n) is 15.7. The number of pyridine rings is 1. The molecule has 2 unspecified atom stereocenters. The molecule has 2 aliphatic heterocycles. The van der Waals surface area contributed by atoms with Crippen molar-refractivity contribution >= 4 is 28.7 Å². The molecule has 5 aliphatic rings. The highest BCUT2D eigenvalue weighted by Crippen LogP contribution is 2.57. The topological polar surface area (TPSA) is 107 Å². The highest BCUT2D eigenvalue weighted by molar-refractivity contribution is 5.92. The van der Waals surface area contributed by atoms with Crippen molar-refractivity contribution < 1.29 is 28.6 Å². The molecule has 1 saturated heterocycles. The molecule has 0 radical (unpaired) electrons. The normalized spacial score (nSPS) is 33.5. The predicted octanol–water partition coefficient (Wildman–Crippen LogP) is 6.24. The number of amides is 2. The van der Waals surface area contributed by atoms with Crippen molar-refractivity contribution in [2.75, 3.05) is 6.54 Å². The molecule has 2 aromatic rings. The number of nitrogens with zero attached hydrogens (tertiary/aromatic N) is 2. The minimum absolute atomic E-state index is 0.102. The van der Waals surface area contributed by atoms with Gasteiger partial charge in [-0.15, -0.1) is 0 Å². The van der Waals surface area contributed by atoms with E-state index in [0.717, 1.165) is 73.6 Å². The van der Waals surface area contributed by atoms with Gasteiger partial charge in [0.05, 0.1) is 24.2 Å². The molecular formula is C37H49N3O6. The van der Waals surface area contributed by atoms with Crippen LogP contribution in [0.25, 0.3) is 10.9 Å². The number of benzene rings is 1. The van der Waals surface area contributed by atoms with E-state index in [-0.39, 0.29) is 36.4 Å². The Kier molecular flexibility index (Phi) is 8.17. The van der Waals surface area contributed by atoms with E-state index in [2.05, 4.69) is 17.4 Å². The average Bonchev–Trinajstić information content (AvgIpc) is 3.90. The van der Waals surface area contributed by atoms with Gasteiger partial charge in [0.2, 0.25) is 11.8 Å². The predicted molar refractivity (Wildman–Crippen MR) is 174 cm³/mol. The standard InChI is InChI=1S/C37H49N3O6/c1-20-31-19-40(32(20)21(2)41)35(42)33(37(3,4)5)39-36(43)46-30-17-24-16-28(24)27(30)10-8-6-7-9-23-15-22-11-12-26(44-25-13-14-25)18-29(22)38-34(23)45-31/h11-12,15,18,20,24-25,27-28,30-33H,6-10,13-14,16-17,19H2,1-5H3,(H,39,43)/t20-,24?,27-,28?,30-,31+,32+,33-/m1/s1. The van der Waals surface area contributed by atoms with E-state index in [1.54, 1.807) is 4.90 Å². The van der Waals surface area contributed by atoms with Gasteiger partial charge in [-0.2, -0.15) is 0 Å². The molecule has 1 aromatic carbocycles. The summed E-state index contributed by atoms with van der Waals surface area (Å²) in [5.41, 5.74) is 1.25. The minimum Gasteiger partial charge on any atom is -0.490 e. The van der Waals surface area contributed by atoms with Crippen LogP contribution >= 0.6 is 0 Å². The summed E-state index contributed by atoms with van der Waals surface area (Å²) >= 11 is 0. The van der Waals surface area contributed by atoms with Gasteiger partial charge in [-0.3, -0.25) is 9.59 Å². The first-order valence-corrected chi connectivity index (χ1v) is 17.5. The number of carbonyl (C=O) groups is 3. The zero-order chi connectivity index (χ0) is 32.3. The highest BCUT2D eigenvalue weighted by atomic mass is 16.6. The molecule has 3 aliphatic carbocycles. The number of carbonyl (C=O) groups excluding carboxylic acids is 3. The molecule has 2 amide bonds. The summed E-state index contributed by atoms with van der Waals surface area (Å²) in [6.07, 6.45) is 8.50. The van der Waals surface area contributed by atoms with Crippen molar-refractivity contribution in [3.05, 3.63) is 29.8 Å². The van der Waals surface area contributed by atoms with Crippen LogP contribution in [0.2, 0.25) is 0 Å². The summed E-state index contributed by atoms with van der Waals surface area (Å²) in [5.74, 6) is 2.38. The lowest BCUT2D eigenvalue weighted by atomic mass is 9.85. The summed E-state index contributed by atoms with van der Waals surface area (Å²) in [7, 11) is 0. The SMILES string of the molecule is CC(=O)[C@@H]1[C@H](C)[C@@H]2CN1C(=O)[C@H](C(C)(C)C)NC(=O)O[C@@H]1CC3CC3[C@H]1CCCCCc1cc3ccc(OC4CC4)cc3nc1O2. The Morgan fingerprint density at radius 1 is 1.00 bits per heavy atom. The lowest BCUT2D eigenvalue weighted by molar-refractivity contribution is -0.141. The molecule has 1 N–H and O–H groups in total. The number of fused-ring (bicyclic) bond motifs is 7. The number of ketones is 1. The van der Waals surface area contributed by atoms with E-state index in [9.17, 15) is 14.4 Å². The molecule has 7 rings (SSSR count). The van der Waals surface area contributed by atoms with E-state index >= 15 is 0 Å². The lowest BCUT2D eigenvalue weighted by Crippen LogP contribution is -2.57. The number of aromatic nitrogens is 1. The molecular weight excluding hydrogens is 582 g/mol. The molecule has 9 heteroatoms. The zero-order valence-electron chi connectivity index (χ0n) is 27.9. The summed E-state index contributed by atoms with van der Waals surface area (Å²) in [4.78, 5) is 47.4. The van der Waals surface area contributed by atoms with Crippen LogP contribution in [-0.4, -0.2) is 64.6 Å². The molecule has 3 saturated carbocycles. The van der Waals surface area contributed by atoms with Gasteiger partial charge < -0.3 is 24.4 Å². The van der Waals surface area contributed by atoms with Gasteiger partial charge in [-0.1, -0.05) is 40.5 Å². The van der Waals surface area contributed by atoms with Crippen LogP contribution in [-0.2, 0) is 20.7 Å². The number of rotatable bonds is 3. The molecule has 4 fully saturated rings. The van der Waals surface area contributed by atoms with Crippen LogP contribution in [0.1, 0.15) is 91.5 Å². The van der Waals surface area contributed by atoms with Gasteiger partial charge in [0.1, 0.15) is 24.0 Å². The van der Waals surface area contributed by atoms with E-state index in [1.165, 1.54) is 13.3 Å². The van der Waals surface area contributed by atoms with Gasteiger partial charge in [-0.05, 0) is 93.2 Å². The Bertz CT molecular complexity index is 1510. The number of Topliss-reactive ketones (excluding diaryl/α,β-unsaturated/α-hetero) is 1. The Balaban J connectivity index is 1.22. The maximum atomic E-state index is 14.3. The molecule has 3 heterocycles. The lowest BCUT2D eigenvalue weighted by Gasteiger charge is -2.35. The van der Waals surface area contributed by atoms with Crippen LogP contribution in [0.3, 0.4) is 0 Å². The van der Waals surface area contributed by atoms with Crippen LogP contribution in [0.15, 0.2) is 24.3 Å². The Morgan fingerprint density at radius 2 is 1.80 bits per heavy atom. The van der Waals surface area contributed by atoms with E-state index in [0.29, 0.717) is 23.6 Å². The first-order valence-electron chi connectivity index (χ1n) is 17.5. The van der Waals surface area contributed by atoms with Crippen molar-refractivity contribution in [1.29, 1.82) is 0 Å². The summed E-state index contributed by atoms with van der Waals surface area (Å²) in [6, 6.07) is 6.73. The fraction of sp³-hybridized carbons (Fsp3) is 0.676. The van der Waals surface area contributed by atoms with E-state index in [1.807, 2.05) is 39.8 Å². The monoisotopic (exact) mass is 631 g/mol. The molecule has 0 spiro atoms. The fourth-order valence-electron chi connectivity index (χ4n) is 8.30. The Morgan fingerprint density at radius 3 is 2.54 bits per heavy atom. The molecule has 46 heavy (non-hydrogen) atoms. The number of nitrogens with one attached hydrogen (secondary N) is 1. The van der Waals surface area contributed by atoms with Gasteiger partial charge in [0.15, 0.2) is 5.78 Å². The Labute approximate surface area is 272 Å². The Hall–Kier alpha value is -3.36. The fourth-order valence-corrected chi connectivity index (χ4v) is 8.30. The smallest absolute Gasteiger partial charge is 0.408 e. The van der Waals surface area contributed by atoms with Crippen LogP contribution in [0.4, 0.5) is 4.79 Å². The highest BCUT2D eigenvalue weighted by Gasteiger charge is 2.55. The van der Waals surface area contributed by atoms with E-state index < -0.39 is 29.7 Å². The third-order valence-corrected chi connectivity index (χ3v) is 11.1. The molecule has 8 atom stereocenters. The quantitative estimate of drug-likeness (QED) is 0.427. The summed E-state index contributed by atoms with van der Waals surface area (Å²) in [6.45, 7) is 9.51. The third kappa shape index (κ3) is 6.30. The van der Waals surface area contributed by atoms with Gasteiger partial charge in [0, 0.05) is 22.9 Å². The number of ether oxygens (including phenoxy) is 3. The first-order chi connectivity index (χ1) is 22.0. The summed E-state index contributed by atoms with van der Waals surface area (Å²) < 4.78 is 18.8. The number of hydrogen-bond acceptors (Lipinski definition) is 7. The molecule has 9 nitrogen and oxygen atoms in total. The number of aryl methyl sites for hydroxylation is 1. The maximum absolute atomic E-state index is 14.3. The zero-order valence-corrected chi connectivity index (χ0v) is 27.9. The van der Waals surface area contributed by atoms with Gasteiger partial charge in [0.25, 0.3) is 0 Å². The second kappa shape index (κ2) is 12.0. The second-order valence-corrected chi connectivity index (χ2v) is 15.7.